The minimum absolute atomic E-state index is 0.213. The van der Waals surface area contributed by atoms with Crippen LogP contribution < -0.4 is 0 Å². The van der Waals surface area contributed by atoms with E-state index < -0.39 is 0 Å². The van der Waals surface area contributed by atoms with Crippen molar-refractivity contribution in [1.82, 2.24) is 0 Å². The van der Waals surface area contributed by atoms with Gasteiger partial charge in [-0.15, -0.1) is 0 Å². The van der Waals surface area contributed by atoms with Gasteiger partial charge >= 0.3 is 0 Å². The smallest absolute Gasteiger partial charge is 0.141 e. The maximum atomic E-state index is 12.1. The van der Waals surface area contributed by atoms with E-state index in [0.717, 1.165) is 11.1 Å². The molecule has 0 aliphatic carbocycles. The van der Waals surface area contributed by atoms with Crippen LogP contribution in [-0.2, 0) is 17.6 Å². The van der Waals surface area contributed by atoms with Gasteiger partial charge in [-0.05, 0) is 34.7 Å². The summed E-state index contributed by atoms with van der Waals surface area (Å²) in [6, 6.07) is 15.8. The molecule has 0 amide bonds. The van der Waals surface area contributed by atoms with E-state index in [9.17, 15) is 4.79 Å². The zero-order valence-electron chi connectivity index (χ0n) is 11.9. The summed E-state index contributed by atoms with van der Waals surface area (Å²) >= 11 is 5.92. The second-order valence-corrected chi connectivity index (χ2v) is 5.85. The number of benzene rings is 2. The predicted octanol–water partition coefficient (Wildman–Crippen LogP) is 4.82. The first-order chi connectivity index (χ1) is 9.54. The Labute approximate surface area is 125 Å². The molecule has 0 unspecified atom stereocenters. The molecule has 2 aromatic rings. The monoisotopic (exact) mass is 286 g/mol. The fraction of sp³-hybridized carbons (Fsp3) is 0.278. The van der Waals surface area contributed by atoms with Crippen LogP contribution in [0.3, 0.4) is 0 Å². The van der Waals surface area contributed by atoms with Crippen LogP contribution in [0.15, 0.2) is 48.5 Å². The summed E-state index contributed by atoms with van der Waals surface area (Å²) in [5.74, 6) is 0.732. The second-order valence-electron chi connectivity index (χ2n) is 5.42. The van der Waals surface area contributed by atoms with E-state index >= 15 is 0 Å². The van der Waals surface area contributed by atoms with E-state index in [4.69, 9.17) is 11.6 Å². The summed E-state index contributed by atoms with van der Waals surface area (Å²) in [7, 11) is 0. The van der Waals surface area contributed by atoms with E-state index in [1.54, 1.807) is 0 Å². The zero-order valence-corrected chi connectivity index (χ0v) is 12.7. The topological polar surface area (TPSA) is 17.1 Å². The zero-order chi connectivity index (χ0) is 14.5. The van der Waals surface area contributed by atoms with E-state index in [1.807, 2.05) is 36.4 Å². The van der Waals surface area contributed by atoms with Crippen molar-refractivity contribution in [3.05, 3.63) is 70.2 Å². The van der Waals surface area contributed by atoms with Crippen LogP contribution >= 0.6 is 11.6 Å². The molecule has 1 nitrogen and oxygen atoms in total. The summed E-state index contributed by atoms with van der Waals surface area (Å²) < 4.78 is 0. The van der Waals surface area contributed by atoms with Gasteiger partial charge in [0.25, 0.3) is 0 Å². The van der Waals surface area contributed by atoms with Crippen LogP contribution in [0.4, 0.5) is 0 Å². The first kappa shape index (κ1) is 14.8. The summed E-state index contributed by atoms with van der Waals surface area (Å²) in [5, 5.41) is 0.677. The average molecular weight is 287 g/mol. The van der Waals surface area contributed by atoms with Gasteiger partial charge in [0.1, 0.15) is 5.78 Å². The quantitative estimate of drug-likeness (QED) is 0.770. The second kappa shape index (κ2) is 6.71. The highest BCUT2D eigenvalue weighted by molar-refractivity contribution is 6.30. The van der Waals surface area contributed by atoms with Crippen molar-refractivity contribution in [2.45, 2.75) is 32.6 Å². The molecule has 0 aromatic heterocycles. The SMILES string of the molecule is CC(C)c1ccc(CC(=O)Cc2cccc(Cl)c2)cc1. The van der Waals surface area contributed by atoms with Crippen molar-refractivity contribution >= 4 is 17.4 Å². The standard InChI is InChI=1S/C18H19ClO/c1-13(2)16-8-6-14(7-9-16)11-18(20)12-15-4-3-5-17(19)10-15/h3-10,13H,11-12H2,1-2H3. The third-order valence-corrected chi connectivity index (χ3v) is 3.57. The molecule has 2 aromatic carbocycles. The van der Waals surface area contributed by atoms with Gasteiger partial charge in [-0.1, -0.05) is 61.8 Å². The minimum atomic E-state index is 0.213. The normalized spacial score (nSPS) is 10.8. The Morgan fingerprint density at radius 1 is 1.00 bits per heavy atom. The number of hydrogen-bond donors (Lipinski definition) is 0. The number of carbonyl (C=O) groups excluding carboxylic acids is 1. The van der Waals surface area contributed by atoms with Crippen molar-refractivity contribution < 1.29 is 4.79 Å². The Morgan fingerprint density at radius 2 is 1.65 bits per heavy atom. The molecule has 0 spiro atoms. The Bertz CT molecular complexity index is 585. The third kappa shape index (κ3) is 4.21. The van der Waals surface area contributed by atoms with Crippen molar-refractivity contribution in [3.8, 4) is 0 Å². The minimum Gasteiger partial charge on any atom is -0.299 e. The highest BCUT2D eigenvalue weighted by atomic mass is 35.5. The number of Topliss-reactive ketones (excluding diaryl/α,β-unsaturated/α-hetero) is 1. The number of rotatable bonds is 5. The van der Waals surface area contributed by atoms with Gasteiger partial charge in [-0.2, -0.15) is 0 Å². The molecule has 0 heterocycles. The highest BCUT2D eigenvalue weighted by Crippen LogP contribution is 2.16. The molecular weight excluding hydrogens is 268 g/mol. The Morgan fingerprint density at radius 3 is 2.25 bits per heavy atom. The molecule has 0 bridgehead atoms. The van der Waals surface area contributed by atoms with Crippen LogP contribution in [0.1, 0.15) is 36.5 Å². The van der Waals surface area contributed by atoms with Crippen molar-refractivity contribution in [2.24, 2.45) is 0 Å². The molecule has 2 rings (SSSR count). The molecule has 0 N–H and O–H groups in total. The molecule has 0 aliphatic rings. The van der Waals surface area contributed by atoms with Gasteiger partial charge in [-0.25, -0.2) is 0 Å². The maximum Gasteiger partial charge on any atom is 0.141 e. The molecule has 104 valence electrons. The molecule has 0 aliphatic heterocycles. The van der Waals surface area contributed by atoms with Gasteiger partial charge in [0.2, 0.25) is 0 Å². The predicted molar refractivity (Wildman–Crippen MR) is 84.4 cm³/mol. The molecule has 0 saturated heterocycles. The first-order valence-corrected chi connectivity index (χ1v) is 7.27. The largest absolute Gasteiger partial charge is 0.299 e. The number of carbonyl (C=O) groups is 1. The first-order valence-electron chi connectivity index (χ1n) is 6.89. The van der Waals surface area contributed by atoms with Crippen LogP contribution in [0, 0.1) is 0 Å². The van der Waals surface area contributed by atoms with Crippen LogP contribution in [0.5, 0.6) is 0 Å². The Hall–Kier alpha value is -1.60. The summed E-state index contributed by atoms with van der Waals surface area (Å²) in [6.45, 7) is 4.33. The summed E-state index contributed by atoms with van der Waals surface area (Å²) in [5.41, 5.74) is 3.35. The van der Waals surface area contributed by atoms with Crippen LogP contribution in [-0.4, -0.2) is 5.78 Å². The highest BCUT2D eigenvalue weighted by Gasteiger charge is 2.06. The molecule has 0 saturated carbocycles. The van der Waals surface area contributed by atoms with Gasteiger partial charge in [0.15, 0.2) is 0 Å². The van der Waals surface area contributed by atoms with E-state index in [2.05, 4.69) is 26.0 Å². The Balaban J connectivity index is 1.97. The lowest BCUT2D eigenvalue weighted by molar-refractivity contribution is -0.117. The fourth-order valence-corrected chi connectivity index (χ4v) is 2.40. The number of ketones is 1. The van der Waals surface area contributed by atoms with E-state index in [0.29, 0.717) is 23.8 Å². The van der Waals surface area contributed by atoms with Crippen molar-refractivity contribution in [2.75, 3.05) is 0 Å². The molecular formula is C18H19ClO. The molecule has 0 radical (unpaired) electrons. The number of hydrogen-bond acceptors (Lipinski definition) is 1. The van der Waals surface area contributed by atoms with E-state index in [-0.39, 0.29) is 5.78 Å². The van der Waals surface area contributed by atoms with Crippen molar-refractivity contribution in [1.29, 1.82) is 0 Å². The van der Waals surface area contributed by atoms with Gasteiger partial charge in [0, 0.05) is 17.9 Å². The molecule has 2 heteroatoms. The lowest BCUT2D eigenvalue weighted by atomic mass is 9.98. The lowest BCUT2D eigenvalue weighted by Crippen LogP contribution is -2.06. The summed E-state index contributed by atoms with van der Waals surface area (Å²) in [4.78, 5) is 12.1. The molecule has 0 fully saturated rings. The Kier molecular flexibility index (Phi) is 4.97. The van der Waals surface area contributed by atoms with Crippen LogP contribution in [0.25, 0.3) is 0 Å². The number of halogens is 1. The fourth-order valence-electron chi connectivity index (χ4n) is 2.19. The van der Waals surface area contributed by atoms with Crippen LogP contribution in [0.2, 0.25) is 5.02 Å². The lowest BCUT2D eigenvalue weighted by Gasteiger charge is -2.07. The molecule has 0 atom stereocenters. The summed E-state index contributed by atoms with van der Waals surface area (Å²) in [6.07, 6.45) is 0.914. The third-order valence-electron chi connectivity index (χ3n) is 3.34. The van der Waals surface area contributed by atoms with Gasteiger partial charge in [0.05, 0.1) is 0 Å². The van der Waals surface area contributed by atoms with E-state index in [1.165, 1.54) is 5.56 Å². The average Bonchev–Trinajstić information content (AvgIpc) is 2.39. The van der Waals surface area contributed by atoms with Gasteiger partial charge in [-0.3, -0.25) is 4.79 Å². The maximum absolute atomic E-state index is 12.1. The van der Waals surface area contributed by atoms with Crippen molar-refractivity contribution in [3.63, 3.8) is 0 Å². The van der Waals surface area contributed by atoms with Gasteiger partial charge < -0.3 is 0 Å². The molecule has 20 heavy (non-hydrogen) atoms.